The standard InChI is InChI=1S/C9H10N4O2/c1-2-15-8-5-3-7(4-6-8)11-9(14)12-13-10/h3-6H,2H2,1H3,(H,11,14). The summed E-state index contributed by atoms with van der Waals surface area (Å²) in [5, 5.41) is 5.28. The van der Waals surface area contributed by atoms with E-state index in [2.05, 4.69) is 15.3 Å². The van der Waals surface area contributed by atoms with Gasteiger partial charge in [-0.2, -0.15) is 0 Å². The maximum absolute atomic E-state index is 10.9. The zero-order valence-corrected chi connectivity index (χ0v) is 8.17. The van der Waals surface area contributed by atoms with Crippen LogP contribution in [0.2, 0.25) is 0 Å². The predicted octanol–water partition coefficient (Wildman–Crippen LogP) is 2.93. The van der Waals surface area contributed by atoms with Gasteiger partial charge in [-0.15, -0.1) is 0 Å². The third-order valence-electron chi connectivity index (χ3n) is 1.55. The topological polar surface area (TPSA) is 87.1 Å². The first-order chi connectivity index (χ1) is 7.26. The van der Waals surface area contributed by atoms with Gasteiger partial charge in [0.2, 0.25) is 0 Å². The Hall–Kier alpha value is -2.20. The van der Waals surface area contributed by atoms with Crippen LogP contribution in [0.25, 0.3) is 10.4 Å². The van der Waals surface area contributed by atoms with E-state index >= 15 is 0 Å². The van der Waals surface area contributed by atoms with E-state index in [1.54, 1.807) is 24.3 Å². The van der Waals surface area contributed by atoms with Gasteiger partial charge in [-0.1, -0.05) is 0 Å². The van der Waals surface area contributed by atoms with Crippen LogP contribution in [0.3, 0.4) is 0 Å². The van der Waals surface area contributed by atoms with Gasteiger partial charge in [0.15, 0.2) is 0 Å². The van der Waals surface area contributed by atoms with Crippen LogP contribution in [0.15, 0.2) is 29.4 Å². The van der Waals surface area contributed by atoms with E-state index < -0.39 is 6.03 Å². The molecule has 0 aliphatic heterocycles. The van der Waals surface area contributed by atoms with Crippen molar-refractivity contribution in [1.29, 1.82) is 0 Å². The number of urea groups is 1. The number of azide groups is 1. The minimum Gasteiger partial charge on any atom is -0.494 e. The summed E-state index contributed by atoms with van der Waals surface area (Å²) < 4.78 is 5.22. The lowest BCUT2D eigenvalue weighted by atomic mass is 10.3. The molecule has 0 heterocycles. The van der Waals surface area contributed by atoms with Gasteiger partial charge >= 0.3 is 6.03 Å². The minimum atomic E-state index is -0.735. The highest BCUT2D eigenvalue weighted by Gasteiger charge is 1.98. The number of hydrogen-bond donors (Lipinski definition) is 1. The summed E-state index contributed by atoms with van der Waals surface area (Å²) in [7, 11) is 0. The summed E-state index contributed by atoms with van der Waals surface area (Å²) in [6.07, 6.45) is 0. The second-order valence-corrected chi connectivity index (χ2v) is 2.58. The number of ether oxygens (including phenoxy) is 1. The van der Waals surface area contributed by atoms with Crippen molar-refractivity contribution in [2.24, 2.45) is 5.11 Å². The smallest absolute Gasteiger partial charge is 0.312 e. The van der Waals surface area contributed by atoms with E-state index in [1.807, 2.05) is 6.92 Å². The van der Waals surface area contributed by atoms with E-state index in [0.717, 1.165) is 5.75 Å². The molecule has 1 rings (SSSR count). The third kappa shape index (κ3) is 3.58. The molecule has 6 heteroatoms. The highest BCUT2D eigenvalue weighted by molar-refractivity contribution is 5.89. The first kappa shape index (κ1) is 10.9. The predicted molar refractivity (Wildman–Crippen MR) is 55.8 cm³/mol. The van der Waals surface area contributed by atoms with Gasteiger partial charge in [-0.3, -0.25) is 4.79 Å². The molecule has 15 heavy (non-hydrogen) atoms. The Balaban J connectivity index is 2.64. The highest BCUT2D eigenvalue weighted by atomic mass is 16.5. The monoisotopic (exact) mass is 206 g/mol. The molecule has 0 fully saturated rings. The van der Waals surface area contributed by atoms with Crippen LogP contribution in [0.4, 0.5) is 10.5 Å². The van der Waals surface area contributed by atoms with Crippen molar-refractivity contribution in [3.63, 3.8) is 0 Å². The molecule has 0 unspecified atom stereocenters. The van der Waals surface area contributed by atoms with Gasteiger partial charge in [-0.05, 0) is 36.7 Å². The molecule has 0 atom stereocenters. The second-order valence-electron chi connectivity index (χ2n) is 2.58. The van der Waals surface area contributed by atoms with E-state index in [-0.39, 0.29) is 0 Å². The zero-order valence-electron chi connectivity index (χ0n) is 8.17. The number of nitrogens with one attached hydrogen (secondary N) is 1. The van der Waals surface area contributed by atoms with E-state index in [1.165, 1.54) is 0 Å². The molecule has 1 aromatic carbocycles. The average molecular weight is 206 g/mol. The Kier molecular flexibility index (Phi) is 4.00. The van der Waals surface area contributed by atoms with Gasteiger partial charge in [0.25, 0.3) is 0 Å². The maximum Gasteiger partial charge on any atom is 0.312 e. The third-order valence-corrected chi connectivity index (χ3v) is 1.55. The molecule has 0 spiro atoms. The normalized spacial score (nSPS) is 8.87. The van der Waals surface area contributed by atoms with E-state index in [4.69, 9.17) is 10.3 Å². The summed E-state index contributed by atoms with van der Waals surface area (Å²) in [5.41, 5.74) is 8.56. The number of rotatable bonds is 3. The molecule has 0 aliphatic rings. The van der Waals surface area contributed by atoms with Crippen LogP contribution in [-0.2, 0) is 0 Å². The Bertz CT molecular complexity index is 382. The molecule has 0 saturated heterocycles. The summed E-state index contributed by atoms with van der Waals surface area (Å²) >= 11 is 0. The molecule has 0 saturated carbocycles. The summed E-state index contributed by atoms with van der Waals surface area (Å²) in [6.45, 7) is 2.47. The highest BCUT2D eigenvalue weighted by Crippen LogP contribution is 2.15. The molecule has 0 aliphatic carbocycles. The van der Waals surface area contributed by atoms with Crippen molar-refractivity contribution in [2.75, 3.05) is 11.9 Å². The lowest BCUT2D eigenvalue weighted by Crippen LogP contribution is -2.04. The molecule has 1 N–H and O–H groups in total. The Morgan fingerprint density at radius 1 is 1.53 bits per heavy atom. The Labute approximate surface area is 86.5 Å². The van der Waals surface area contributed by atoms with Crippen LogP contribution in [0.5, 0.6) is 5.75 Å². The fraction of sp³-hybridized carbons (Fsp3) is 0.222. The number of anilines is 1. The van der Waals surface area contributed by atoms with Crippen molar-refractivity contribution in [1.82, 2.24) is 0 Å². The van der Waals surface area contributed by atoms with Crippen molar-refractivity contribution < 1.29 is 9.53 Å². The Morgan fingerprint density at radius 2 is 2.20 bits per heavy atom. The van der Waals surface area contributed by atoms with Crippen LogP contribution in [0, 0.1) is 0 Å². The molecule has 0 aromatic heterocycles. The number of benzene rings is 1. The lowest BCUT2D eigenvalue weighted by molar-refractivity contribution is 0.259. The van der Waals surface area contributed by atoms with Crippen molar-refractivity contribution in [3.8, 4) is 5.75 Å². The number of carbonyl (C=O) groups excluding carboxylic acids is 1. The molecule has 2 amide bonds. The lowest BCUT2D eigenvalue weighted by Gasteiger charge is -2.04. The molecular formula is C9H10N4O2. The Morgan fingerprint density at radius 3 is 2.73 bits per heavy atom. The number of amides is 2. The van der Waals surface area contributed by atoms with Gasteiger partial charge in [0, 0.05) is 15.7 Å². The van der Waals surface area contributed by atoms with Crippen molar-refractivity contribution >= 4 is 11.7 Å². The first-order valence-electron chi connectivity index (χ1n) is 4.35. The maximum atomic E-state index is 10.9. The second kappa shape index (κ2) is 5.51. The molecule has 1 aromatic rings. The first-order valence-corrected chi connectivity index (χ1v) is 4.35. The summed E-state index contributed by atoms with van der Waals surface area (Å²) in [4.78, 5) is 13.2. The molecule has 0 bridgehead atoms. The minimum absolute atomic E-state index is 0.552. The van der Waals surface area contributed by atoms with Crippen LogP contribution < -0.4 is 10.1 Å². The molecular weight excluding hydrogens is 196 g/mol. The van der Waals surface area contributed by atoms with E-state index in [9.17, 15) is 4.79 Å². The zero-order chi connectivity index (χ0) is 11.1. The van der Waals surface area contributed by atoms with Crippen LogP contribution in [0.1, 0.15) is 6.92 Å². The summed E-state index contributed by atoms with van der Waals surface area (Å²) in [6, 6.07) is 6.03. The van der Waals surface area contributed by atoms with Crippen LogP contribution in [-0.4, -0.2) is 12.6 Å². The number of carbonyl (C=O) groups is 1. The van der Waals surface area contributed by atoms with Gasteiger partial charge < -0.3 is 10.1 Å². The fourth-order valence-electron chi connectivity index (χ4n) is 0.990. The van der Waals surface area contributed by atoms with E-state index in [0.29, 0.717) is 12.3 Å². The number of hydrogen-bond acceptors (Lipinski definition) is 2. The molecule has 78 valence electrons. The molecule has 0 radical (unpaired) electrons. The fourth-order valence-corrected chi connectivity index (χ4v) is 0.990. The van der Waals surface area contributed by atoms with Crippen LogP contribution >= 0.6 is 0 Å². The average Bonchev–Trinajstić information content (AvgIpc) is 2.22. The van der Waals surface area contributed by atoms with Crippen molar-refractivity contribution in [3.05, 3.63) is 34.7 Å². The molecule has 6 nitrogen and oxygen atoms in total. The van der Waals surface area contributed by atoms with Gasteiger partial charge in [0.1, 0.15) is 5.75 Å². The van der Waals surface area contributed by atoms with Gasteiger partial charge in [-0.25, -0.2) is 0 Å². The largest absolute Gasteiger partial charge is 0.494 e. The summed E-state index contributed by atoms with van der Waals surface area (Å²) in [5.74, 6) is 0.722. The number of nitrogens with zero attached hydrogens (tertiary/aromatic N) is 3. The van der Waals surface area contributed by atoms with Gasteiger partial charge in [0.05, 0.1) is 6.61 Å². The quantitative estimate of drug-likeness (QED) is 0.468. The van der Waals surface area contributed by atoms with Crippen molar-refractivity contribution in [2.45, 2.75) is 6.92 Å². The SMILES string of the molecule is CCOc1ccc(NC(=O)N=[N+]=[N-])cc1.